The van der Waals surface area contributed by atoms with Crippen molar-refractivity contribution in [3.63, 3.8) is 0 Å². The predicted octanol–water partition coefficient (Wildman–Crippen LogP) is 2.27. The Hall–Kier alpha value is -1.77. The van der Waals surface area contributed by atoms with Crippen LogP contribution in [0.3, 0.4) is 0 Å². The molecule has 0 heterocycles. The van der Waals surface area contributed by atoms with Gasteiger partial charge < -0.3 is 9.47 Å². The van der Waals surface area contributed by atoms with Crippen LogP contribution in [0.1, 0.15) is 12.0 Å². The quantitative estimate of drug-likeness (QED) is 0.709. The van der Waals surface area contributed by atoms with Crippen molar-refractivity contribution >= 4 is 12.0 Å². The number of methoxy groups -OCH3 is 2. The topological polar surface area (TPSA) is 35.5 Å². The highest BCUT2D eigenvalue weighted by Gasteiger charge is 1.94. The molecule has 0 unspecified atom stereocenters. The molecule has 0 radical (unpaired) electrons. The Labute approximate surface area is 89.3 Å². The van der Waals surface area contributed by atoms with E-state index in [0.29, 0.717) is 6.42 Å². The highest BCUT2D eigenvalue weighted by atomic mass is 16.5. The Balaban J connectivity index is 2.53. The van der Waals surface area contributed by atoms with Crippen LogP contribution in [0.5, 0.6) is 5.75 Å². The minimum atomic E-state index is -0.236. The molecule has 0 amide bonds. The van der Waals surface area contributed by atoms with Crippen LogP contribution in [-0.4, -0.2) is 20.2 Å². The average molecular weight is 206 g/mol. The minimum Gasteiger partial charge on any atom is -0.497 e. The van der Waals surface area contributed by atoms with Crippen LogP contribution in [0.2, 0.25) is 0 Å². The molecule has 0 saturated carbocycles. The Morgan fingerprint density at radius 2 is 1.93 bits per heavy atom. The summed E-state index contributed by atoms with van der Waals surface area (Å²) in [7, 11) is 3.01. The van der Waals surface area contributed by atoms with Crippen molar-refractivity contribution in [3.8, 4) is 5.75 Å². The van der Waals surface area contributed by atoms with Crippen LogP contribution in [-0.2, 0) is 9.53 Å². The third kappa shape index (κ3) is 3.85. The number of ether oxygens (including phenoxy) is 2. The van der Waals surface area contributed by atoms with Crippen LogP contribution >= 0.6 is 0 Å². The molecule has 0 N–H and O–H groups in total. The molecule has 15 heavy (non-hydrogen) atoms. The maximum atomic E-state index is 10.8. The van der Waals surface area contributed by atoms with Crippen LogP contribution in [0.4, 0.5) is 0 Å². The highest BCUT2D eigenvalue weighted by molar-refractivity contribution is 5.72. The van der Waals surface area contributed by atoms with Gasteiger partial charge in [0, 0.05) is 0 Å². The van der Waals surface area contributed by atoms with Gasteiger partial charge in [-0.2, -0.15) is 0 Å². The number of carbonyl (C=O) groups excluding carboxylic acids is 1. The molecule has 80 valence electrons. The van der Waals surface area contributed by atoms with Crippen LogP contribution in [0, 0.1) is 0 Å². The third-order valence-electron chi connectivity index (χ3n) is 1.94. The fourth-order valence-corrected chi connectivity index (χ4v) is 1.09. The molecule has 3 nitrogen and oxygen atoms in total. The summed E-state index contributed by atoms with van der Waals surface area (Å²) in [4.78, 5) is 10.8. The van der Waals surface area contributed by atoms with E-state index in [1.54, 1.807) is 13.2 Å². The van der Waals surface area contributed by atoms with E-state index in [4.69, 9.17) is 4.74 Å². The second-order valence-corrected chi connectivity index (χ2v) is 2.96. The number of benzene rings is 1. The van der Waals surface area contributed by atoms with Gasteiger partial charge in [0.2, 0.25) is 0 Å². The highest BCUT2D eigenvalue weighted by Crippen LogP contribution is 2.12. The number of hydrogen-bond donors (Lipinski definition) is 0. The maximum absolute atomic E-state index is 10.8. The van der Waals surface area contributed by atoms with Gasteiger partial charge in [-0.25, -0.2) is 0 Å². The summed E-state index contributed by atoms with van der Waals surface area (Å²) >= 11 is 0. The number of hydrogen-bond acceptors (Lipinski definition) is 3. The van der Waals surface area contributed by atoms with Gasteiger partial charge in [0.15, 0.2) is 0 Å². The van der Waals surface area contributed by atoms with Crippen LogP contribution in [0.15, 0.2) is 30.3 Å². The summed E-state index contributed by atoms with van der Waals surface area (Å²) in [5.41, 5.74) is 1.03. The molecule has 3 heteroatoms. The molecule has 0 atom stereocenters. The molecular formula is C12H14O3. The lowest BCUT2D eigenvalue weighted by Crippen LogP contribution is -1.96. The first-order valence-electron chi connectivity index (χ1n) is 4.63. The molecule has 0 aliphatic rings. The first kappa shape index (κ1) is 11.3. The second-order valence-electron chi connectivity index (χ2n) is 2.96. The van der Waals surface area contributed by atoms with E-state index in [2.05, 4.69) is 4.74 Å². The van der Waals surface area contributed by atoms with Crippen molar-refractivity contribution in [2.75, 3.05) is 14.2 Å². The average Bonchev–Trinajstić information content (AvgIpc) is 2.29. The summed E-state index contributed by atoms with van der Waals surface area (Å²) in [6.07, 6.45) is 3.94. The molecular weight excluding hydrogens is 192 g/mol. The van der Waals surface area contributed by atoms with Crippen molar-refractivity contribution < 1.29 is 14.3 Å². The SMILES string of the molecule is COC(=O)C/C=C/c1ccc(OC)cc1. The Bertz CT molecular complexity index is 338. The number of carbonyl (C=O) groups is 1. The fraction of sp³-hybridized carbons (Fsp3) is 0.250. The van der Waals surface area contributed by atoms with E-state index in [9.17, 15) is 4.79 Å². The molecule has 1 aromatic rings. The van der Waals surface area contributed by atoms with Crippen molar-refractivity contribution in [1.82, 2.24) is 0 Å². The summed E-state index contributed by atoms with van der Waals surface area (Å²) in [6, 6.07) is 7.59. The first-order chi connectivity index (χ1) is 7.26. The largest absolute Gasteiger partial charge is 0.497 e. The van der Waals surface area contributed by atoms with E-state index >= 15 is 0 Å². The zero-order chi connectivity index (χ0) is 11.1. The monoisotopic (exact) mass is 206 g/mol. The Kier molecular flexibility index (Phi) is 4.41. The summed E-state index contributed by atoms with van der Waals surface area (Å²) in [5.74, 6) is 0.583. The van der Waals surface area contributed by atoms with Gasteiger partial charge in [-0.3, -0.25) is 4.79 Å². The van der Waals surface area contributed by atoms with Gasteiger partial charge in [-0.1, -0.05) is 24.3 Å². The van der Waals surface area contributed by atoms with Crippen LogP contribution < -0.4 is 4.74 Å². The molecule has 0 spiro atoms. The lowest BCUT2D eigenvalue weighted by Gasteiger charge is -1.98. The second kappa shape index (κ2) is 5.86. The zero-order valence-corrected chi connectivity index (χ0v) is 8.90. The van der Waals surface area contributed by atoms with E-state index in [0.717, 1.165) is 11.3 Å². The van der Waals surface area contributed by atoms with Gasteiger partial charge in [0.25, 0.3) is 0 Å². The van der Waals surface area contributed by atoms with E-state index in [1.807, 2.05) is 30.3 Å². The molecule has 0 aliphatic heterocycles. The van der Waals surface area contributed by atoms with Gasteiger partial charge in [0.1, 0.15) is 5.75 Å². The zero-order valence-electron chi connectivity index (χ0n) is 8.90. The van der Waals surface area contributed by atoms with Crippen molar-refractivity contribution in [1.29, 1.82) is 0 Å². The van der Waals surface area contributed by atoms with E-state index in [-0.39, 0.29) is 5.97 Å². The number of rotatable bonds is 4. The van der Waals surface area contributed by atoms with Crippen molar-refractivity contribution in [2.45, 2.75) is 6.42 Å². The van der Waals surface area contributed by atoms with Crippen LogP contribution in [0.25, 0.3) is 6.08 Å². The van der Waals surface area contributed by atoms with Gasteiger partial charge in [-0.05, 0) is 17.7 Å². The Morgan fingerprint density at radius 3 is 2.47 bits per heavy atom. The predicted molar refractivity (Wildman–Crippen MR) is 58.7 cm³/mol. The molecule has 1 rings (SSSR count). The minimum absolute atomic E-state index is 0.236. The molecule has 0 saturated heterocycles. The smallest absolute Gasteiger partial charge is 0.309 e. The molecule has 0 fully saturated rings. The third-order valence-corrected chi connectivity index (χ3v) is 1.94. The Morgan fingerprint density at radius 1 is 1.27 bits per heavy atom. The molecule has 0 bridgehead atoms. The lowest BCUT2D eigenvalue weighted by atomic mass is 10.2. The first-order valence-corrected chi connectivity index (χ1v) is 4.63. The van der Waals surface area contributed by atoms with Gasteiger partial charge >= 0.3 is 5.97 Å². The summed E-state index contributed by atoms with van der Waals surface area (Å²) in [6.45, 7) is 0. The summed E-state index contributed by atoms with van der Waals surface area (Å²) in [5, 5.41) is 0. The van der Waals surface area contributed by atoms with Gasteiger partial charge in [0.05, 0.1) is 20.6 Å². The lowest BCUT2D eigenvalue weighted by molar-refractivity contribution is -0.139. The summed E-state index contributed by atoms with van der Waals surface area (Å²) < 4.78 is 9.55. The van der Waals surface area contributed by atoms with E-state index < -0.39 is 0 Å². The van der Waals surface area contributed by atoms with Gasteiger partial charge in [-0.15, -0.1) is 0 Å². The molecule has 0 aliphatic carbocycles. The fourth-order valence-electron chi connectivity index (χ4n) is 1.09. The van der Waals surface area contributed by atoms with Crippen molar-refractivity contribution in [3.05, 3.63) is 35.9 Å². The van der Waals surface area contributed by atoms with Crippen molar-refractivity contribution in [2.24, 2.45) is 0 Å². The normalized spacial score (nSPS) is 10.3. The number of esters is 1. The standard InChI is InChI=1S/C12H14O3/c1-14-11-8-6-10(7-9-11)4-3-5-12(13)15-2/h3-4,6-9H,5H2,1-2H3/b4-3+. The molecule has 0 aromatic heterocycles. The maximum Gasteiger partial charge on any atom is 0.309 e. The van der Waals surface area contributed by atoms with E-state index in [1.165, 1.54) is 7.11 Å². The molecule has 1 aromatic carbocycles.